The average Bonchev–Trinajstić information content (AvgIpc) is 3.73. The molecular formula is C27H34N4O5S. The number of carbonyl (C=O) groups excluding carboxylic acids is 3. The van der Waals surface area contributed by atoms with Crippen molar-refractivity contribution in [3.63, 3.8) is 0 Å². The van der Waals surface area contributed by atoms with Crippen LogP contribution in [-0.4, -0.2) is 104 Å². The number of rotatable bonds is 7. The minimum atomic E-state index is -0.634. The van der Waals surface area contributed by atoms with Gasteiger partial charge in [0.05, 0.1) is 24.1 Å². The number of nitrogens with zero attached hydrogens (tertiary/aromatic N) is 3. The molecule has 0 spiro atoms. The van der Waals surface area contributed by atoms with Gasteiger partial charge in [-0.3, -0.25) is 14.4 Å². The van der Waals surface area contributed by atoms with Crippen LogP contribution in [0.15, 0.2) is 41.8 Å². The summed E-state index contributed by atoms with van der Waals surface area (Å²) in [6, 6.07) is 9.77. The SMILES string of the molecule is COc1cccc(C(=O)N2CC(N(CC3CCCO3)C(=O)c3cccs3)CC2C(=O)N2CCNCC2)c1. The van der Waals surface area contributed by atoms with Crippen molar-refractivity contribution in [2.45, 2.75) is 37.5 Å². The minimum absolute atomic E-state index is 0.0330. The fourth-order valence-electron chi connectivity index (χ4n) is 5.46. The van der Waals surface area contributed by atoms with E-state index in [9.17, 15) is 14.4 Å². The first-order valence-electron chi connectivity index (χ1n) is 13.0. The van der Waals surface area contributed by atoms with Gasteiger partial charge in [0.2, 0.25) is 5.91 Å². The van der Waals surface area contributed by atoms with E-state index in [1.807, 2.05) is 27.3 Å². The average molecular weight is 527 g/mol. The highest BCUT2D eigenvalue weighted by molar-refractivity contribution is 7.12. The molecule has 3 amide bonds. The van der Waals surface area contributed by atoms with E-state index in [1.165, 1.54) is 11.3 Å². The standard InChI is InChI=1S/C27H34N4O5S/c1-35-21-6-2-5-19(15-21)25(32)31-17-20(16-23(31)26(33)29-11-9-28-10-12-29)30(18-22-7-3-13-36-22)27(34)24-8-4-14-37-24/h2,4-6,8,14-15,20,22-23,28H,3,7,9-13,16-18H2,1H3. The predicted octanol–water partition coefficient (Wildman–Crippen LogP) is 2.09. The quantitative estimate of drug-likeness (QED) is 0.594. The number of ether oxygens (including phenoxy) is 2. The number of carbonyl (C=O) groups is 3. The summed E-state index contributed by atoms with van der Waals surface area (Å²) >= 11 is 1.41. The van der Waals surface area contributed by atoms with Gasteiger partial charge in [-0.15, -0.1) is 11.3 Å². The van der Waals surface area contributed by atoms with Gasteiger partial charge >= 0.3 is 0 Å². The van der Waals surface area contributed by atoms with Crippen LogP contribution in [0.25, 0.3) is 0 Å². The van der Waals surface area contributed by atoms with E-state index in [-0.39, 0.29) is 29.9 Å². The Kier molecular flexibility index (Phi) is 8.07. The Morgan fingerprint density at radius 1 is 1.19 bits per heavy atom. The molecule has 3 unspecified atom stereocenters. The summed E-state index contributed by atoms with van der Waals surface area (Å²) < 4.78 is 11.2. The molecule has 1 aromatic carbocycles. The summed E-state index contributed by atoms with van der Waals surface area (Å²) in [5.74, 6) is 0.232. The number of piperazine rings is 1. The van der Waals surface area contributed by atoms with Crippen LogP contribution in [0.1, 0.15) is 39.3 Å². The van der Waals surface area contributed by atoms with Crippen LogP contribution in [-0.2, 0) is 9.53 Å². The maximum Gasteiger partial charge on any atom is 0.264 e. The monoisotopic (exact) mass is 526 g/mol. The largest absolute Gasteiger partial charge is 0.497 e. The maximum absolute atomic E-state index is 13.8. The number of benzene rings is 1. The van der Waals surface area contributed by atoms with E-state index >= 15 is 0 Å². The van der Waals surface area contributed by atoms with E-state index in [1.54, 1.807) is 36.3 Å². The predicted molar refractivity (Wildman–Crippen MR) is 140 cm³/mol. The van der Waals surface area contributed by atoms with Crippen LogP contribution in [0, 0.1) is 0 Å². The first-order chi connectivity index (χ1) is 18.0. The molecule has 1 aromatic heterocycles. The van der Waals surface area contributed by atoms with E-state index in [0.717, 1.165) is 25.9 Å². The van der Waals surface area contributed by atoms with Crippen molar-refractivity contribution in [2.75, 3.05) is 53.0 Å². The van der Waals surface area contributed by atoms with Crippen LogP contribution in [0.4, 0.5) is 0 Å². The van der Waals surface area contributed by atoms with Gasteiger partial charge in [0, 0.05) is 51.4 Å². The summed E-state index contributed by atoms with van der Waals surface area (Å²) in [7, 11) is 1.56. The van der Waals surface area contributed by atoms with Gasteiger partial charge in [0.25, 0.3) is 11.8 Å². The van der Waals surface area contributed by atoms with Gasteiger partial charge in [-0.05, 0) is 48.9 Å². The minimum Gasteiger partial charge on any atom is -0.497 e. The number of likely N-dealkylation sites (tertiary alicyclic amines) is 1. The van der Waals surface area contributed by atoms with Crippen molar-refractivity contribution in [2.24, 2.45) is 0 Å². The molecule has 0 saturated carbocycles. The molecule has 198 valence electrons. The second-order valence-corrected chi connectivity index (χ2v) is 10.7. The fraction of sp³-hybridized carbons (Fsp3) is 0.519. The van der Waals surface area contributed by atoms with Crippen molar-refractivity contribution in [1.29, 1.82) is 0 Å². The molecule has 3 saturated heterocycles. The van der Waals surface area contributed by atoms with Gasteiger partial charge in [0.15, 0.2) is 0 Å². The van der Waals surface area contributed by atoms with E-state index in [0.29, 0.717) is 55.4 Å². The molecule has 3 aliphatic heterocycles. The number of hydrogen-bond donors (Lipinski definition) is 1. The Balaban J connectivity index is 1.44. The Morgan fingerprint density at radius 3 is 2.73 bits per heavy atom. The van der Waals surface area contributed by atoms with Gasteiger partial charge in [-0.2, -0.15) is 0 Å². The third-order valence-electron chi connectivity index (χ3n) is 7.43. The highest BCUT2D eigenvalue weighted by Crippen LogP contribution is 2.30. The van der Waals surface area contributed by atoms with Gasteiger partial charge in [-0.25, -0.2) is 0 Å². The van der Waals surface area contributed by atoms with Crippen LogP contribution in [0.5, 0.6) is 5.75 Å². The first kappa shape index (κ1) is 25.7. The summed E-state index contributed by atoms with van der Waals surface area (Å²) in [4.78, 5) is 47.2. The Labute approximate surface area is 221 Å². The molecule has 9 nitrogen and oxygen atoms in total. The smallest absolute Gasteiger partial charge is 0.264 e. The molecule has 0 bridgehead atoms. The summed E-state index contributed by atoms with van der Waals surface area (Å²) in [5, 5.41) is 5.17. The van der Waals surface area contributed by atoms with Gasteiger partial charge in [-0.1, -0.05) is 12.1 Å². The van der Waals surface area contributed by atoms with Crippen LogP contribution < -0.4 is 10.1 Å². The highest BCUT2D eigenvalue weighted by Gasteiger charge is 2.45. The molecule has 3 fully saturated rings. The molecule has 3 atom stereocenters. The van der Waals surface area contributed by atoms with E-state index < -0.39 is 6.04 Å². The Bertz CT molecular complexity index is 1100. The molecule has 37 heavy (non-hydrogen) atoms. The second kappa shape index (κ2) is 11.6. The summed E-state index contributed by atoms with van der Waals surface area (Å²) in [5.41, 5.74) is 0.466. The summed E-state index contributed by atoms with van der Waals surface area (Å²) in [6.45, 7) is 4.12. The van der Waals surface area contributed by atoms with Gasteiger partial charge in [0.1, 0.15) is 11.8 Å². The van der Waals surface area contributed by atoms with Crippen molar-refractivity contribution in [1.82, 2.24) is 20.0 Å². The van der Waals surface area contributed by atoms with E-state index in [4.69, 9.17) is 9.47 Å². The normalized spacial score (nSPS) is 23.8. The van der Waals surface area contributed by atoms with Crippen LogP contribution >= 0.6 is 11.3 Å². The molecule has 3 aliphatic rings. The van der Waals surface area contributed by atoms with Crippen molar-refractivity contribution >= 4 is 29.1 Å². The highest BCUT2D eigenvalue weighted by atomic mass is 32.1. The zero-order valence-corrected chi connectivity index (χ0v) is 22.0. The zero-order valence-electron chi connectivity index (χ0n) is 21.1. The second-order valence-electron chi connectivity index (χ2n) is 9.74. The molecular weight excluding hydrogens is 492 g/mol. The van der Waals surface area contributed by atoms with Crippen LogP contribution in [0.2, 0.25) is 0 Å². The zero-order chi connectivity index (χ0) is 25.8. The number of hydrogen-bond acceptors (Lipinski definition) is 7. The van der Waals surface area contributed by atoms with Gasteiger partial charge < -0.3 is 29.5 Å². The molecule has 1 N–H and O–H groups in total. The van der Waals surface area contributed by atoms with Crippen molar-refractivity contribution in [3.8, 4) is 5.75 Å². The number of amides is 3. The van der Waals surface area contributed by atoms with Crippen molar-refractivity contribution in [3.05, 3.63) is 52.2 Å². The van der Waals surface area contributed by atoms with Crippen molar-refractivity contribution < 1.29 is 23.9 Å². The Hall–Kier alpha value is -2.95. The number of nitrogens with one attached hydrogen (secondary N) is 1. The molecule has 10 heteroatoms. The molecule has 4 heterocycles. The topological polar surface area (TPSA) is 91.4 Å². The third kappa shape index (κ3) is 5.66. The third-order valence-corrected chi connectivity index (χ3v) is 8.29. The lowest BCUT2D eigenvalue weighted by Gasteiger charge is -2.32. The summed E-state index contributed by atoms with van der Waals surface area (Å²) in [6.07, 6.45) is 2.24. The first-order valence-corrected chi connectivity index (χ1v) is 13.8. The number of thiophene rings is 1. The van der Waals surface area contributed by atoms with E-state index in [2.05, 4.69) is 5.32 Å². The Morgan fingerprint density at radius 2 is 2.03 bits per heavy atom. The van der Waals surface area contributed by atoms with Crippen LogP contribution in [0.3, 0.4) is 0 Å². The molecule has 2 aromatic rings. The number of methoxy groups -OCH3 is 1. The lowest BCUT2D eigenvalue weighted by atomic mass is 10.1. The lowest BCUT2D eigenvalue weighted by Crippen LogP contribution is -2.53. The molecule has 5 rings (SSSR count). The molecule has 0 aliphatic carbocycles. The lowest BCUT2D eigenvalue weighted by molar-refractivity contribution is -0.135. The maximum atomic E-state index is 13.8. The fourth-order valence-corrected chi connectivity index (χ4v) is 6.14. The molecule has 0 radical (unpaired) electrons.